The molecule has 21 heavy (non-hydrogen) atoms. The van der Waals surface area contributed by atoms with Crippen molar-refractivity contribution < 1.29 is 9.85 Å². The normalized spacial score (nSPS) is 15.9. The van der Waals surface area contributed by atoms with Gasteiger partial charge in [0.1, 0.15) is 5.69 Å². The largest absolute Gasteiger partial charge is 0.301 e. The third-order valence-corrected chi connectivity index (χ3v) is 3.22. The Hall–Kier alpha value is -2.77. The number of non-ortho nitro benzene ring substituents is 1. The van der Waals surface area contributed by atoms with Crippen LogP contribution in [-0.2, 0) is 0 Å². The quantitative estimate of drug-likeness (QED) is 0.659. The number of nitrogens with zero attached hydrogens (tertiary/aromatic N) is 3. The lowest BCUT2D eigenvalue weighted by atomic mass is 10.1. The molecule has 0 saturated heterocycles. The third kappa shape index (κ3) is 3.22. The summed E-state index contributed by atoms with van der Waals surface area (Å²) in [6.07, 6.45) is 4.64. The van der Waals surface area contributed by atoms with E-state index in [1.807, 2.05) is 6.92 Å². The third-order valence-electron chi connectivity index (χ3n) is 3.22. The molecule has 1 aliphatic rings. The van der Waals surface area contributed by atoms with Crippen LogP contribution in [0.1, 0.15) is 26.2 Å². The maximum Gasteiger partial charge on any atom is 0.301 e. The van der Waals surface area contributed by atoms with E-state index in [1.165, 1.54) is 12.1 Å². The Bertz CT molecular complexity index is 652. The minimum atomic E-state index is -0.669. The second-order valence-corrected chi connectivity index (χ2v) is 4.51. The number of hydrazone groups is 1. The Kier molecular flexibility index (Phi) is 4.27. The fourth-order valence-corrected chi connectivity index (χ4v) is 2.14. The molecular formula is C13H14N4O4. The van der Waals surface area contributed by atoms with Crippen molar-refractivity contribution in [1.82, 2.24) is 0 Å². The predicted molar refractivity (Wildman–Crippen MR) is 78.4 cm³/mol. The molecular weight excluding hydrogens is 276 g/mol. The van der Waals surface area contributed by atoms with Crippen molar-refractivity contribution in [2.24, 2.45) is 5.10 Å². The van der Waals surface area contributed by atoms with Crippen LogP contribution in [0.2, 0.25) is 0 Å². The second-order valence-electron chi connectivity index (χ2n) is 4.51. The van der Waals surface area contributed by atoms with Crippen molar-refractivity contribution >= 4 is 22.8 Å². The van der Waals surface area contributed by atoms with E-state index in [-0.39, 0.29) is 17.1 Å². The molecule has 1 aromatic rings. The molecule has 0 heterocycles. The summed E-state index contributed by atoms with van der Waals surface area (Å²) in [5, 5.41) is 25.8. The smallest absolute Gasteiger partial charge is 0.271 e. The van der Waals surface area contributed by atoms with Crippen molar-refractivity contribution in [3.63, 3.8) is 0 Å². The number of nitro benzene ring substituents is 2. The number of hydrogen-bond donors (Lipinski definition) is 1. The Morgan fingerprint density at radius 2 is 2.05 bits per heavy atom. The average Bonchev–Trinajstić information content (AvgIpc) is 2.92. The predicted octanol–water partition coefficient (Wildman–Crippen LogP) is 3.40. The van der Waals surface area contributed by atoms with Crippen LogP contribution in [0.15, 0.2) is 34.9 Å². The lowest BCUT2D eigenvalue weighted by molar-refractivity contribution is -0.393. The monoisotopic (exact) mass is 290 g/mol. The zero-order chi connectivity index (χ0) is 15.4. The topological polar surface area (TPSA) is 111 Å². The maximum atomic E-state index is 11.0. The standard InChI is InChI=1S/C13H14N4O4/c1-2-9-4-3-5-11(9)14-15-12-7-6-10(16(18)19)8-13(12)17(20)21/h4,6-8,15H,2-3,5H2,1H3/b14-11+. The fourth-order valence-electron chi connectivity index (χ4n) is 2.14. The van der Waals surface area contributed by atoms with E-state index in [9.17, 15) is 20.2 Å². The first kappa shape index (κ1) is 14.6. The van der Waals surface area contributed by atoms with Crippen LogP contribution in [0.4, 0.5) is 17.1 Å². The van der Waals surface area contributed by atoms with Crippen molar-refractivity contribution in [2.75, 3.05) is 5.43 Å². The van der Waals surface area contributed by atoms with Crippen molar-refractivity contribution in [3.8, 4) is 0 Å². The van der Waals surface area contributed by atoms with Crippen LogP contribution in [0.25, 0.3) is 0 Å². The van der Waals surface area contributed by atoms with Gasteiger partial charge in [-0.15, -0.1) is 0 Å². The van der Waals surface area contributed by atoms with Gasteiger partial charge < -0.3 is 0 Å². The van der Waals surface area contributed by atoms with Crippen LogP contribution in [-0.4, -0.2) is 15.6 Å². The second kappa shape index (κ2) is 6.12. The van der Waals surface area contributed by atoms with E-state index in [2.05, 4.69) is 16.6 Å². The van der Waals surface area contributed by atoms with Gasteiger partial charge in [-0.05, 0) is 30.9 Å². The number of hydrogen-bond acceptors (Lipinski definition) is 6. The van der Waals surface area contributed by atoms with Gasteiger partial charge in [-0.25, -0.2) is 0 Å². The SMILES string of the molecule is CCC1=CCC/C1=N\Nc1ccc([N+](=O)[O-])cc1[N+](=O)[O-]. The molecule has 0 atom stereocenters. The Balaban J connectivity index is 2.28. The highest BCUT2D eigenvalue weighted by Gasteiger charge is 2.19. The van der Waals surface area contributed by atoms with Crippen LogP contribution < -0.4 is 5.43 Å². The Morgan fingerprint density at radius 3 is 2.67 bits per heavy atom. The van der Waals surface area contributed by atoms with Gasteiger partial charge in [0, 0.05) is 6.07 Å². The summed E-state index contributed by atoms with van der Waals surface area (Å²) in [7, 11) is 0. The van der Waals surface area contributed by atoms with E-state index >= 15 is 0 Å². The average molecular weight is 290 g/mol. The van der Waals surface area contributed by atoms with Gasteiger partial charge in [-0.3, -0.25) is 25.7 Å². The Morgan fingerprint density at radius 1 is 1.29 bits per heavy atom. The molecule has 1 aromatic carbocycles. The van der Waals surface area contributed by atoms with Crippen LogP contribution >= 0.6 is 0 Å². The lowest BCUT2D eigenvalue weighted by Gasteiger charge is -2.05. The molecule has 0 bridgehead atoms. The molecule has 8 heteroatoms. The summed E-state index contributed by atoms with van der Waals surface area (Å²) in [6.45, 7) is 2.01. The number of allylic oxidation sites excluding steroid dienone is 2. The summed E-state index contributed by atoms with van der Waals surface area (Å²) < 4.78 is 0. The summed E-state index contributed by atoms with van der Waals surface area (Å²) >= 11 is 0. The van der Waals surface area contributed by atoms with Gasteiger partial charge in [0.05, 0.1) is 21.6 Å². The van der Waals surface area contributed by atoms with Crippen LogP contribution in [0.3, 0.4) is 0 Å². The van der Waals surface area contributed by atoms with E-state index in [0.29, 0.717) is 0 Å². The summed E-state index contributed by atoms with van der Waals surface area (Å²) in [6, 6.07) is 3.43. The molecule has 0 saturated carbocycles. The number of rotatable bonds is 5. The zero-order valence-electron chi connectivity index (χ0n) is 11.4. The number of nitro groups is 2. The molecule has 0 radical (unpaired) electrons. The number of anilines is 1. The first-order chi connectivity index (χ1) is 10.0. The van der Waals surface area contributed by atoms with Gasteiger partial charge in [0.2, 0.25) is 0 Å². The highest BCUT2D eigenvalue weighted by Crippen LogP contribution is 2.29. The Labute approximate surface area is 120 Å². The molecule has 1 aliphatic carbocycles. The van der Waals surface area contributed by atoms with Gasteiger partial charge in [0.15, 0.2) is 0 Å². The first-order valence-electron chi connectivity index (χ1n) is 6.47. The fraction of sp³-hybridized carbons (Fsp3) is 0.308. The van der Waals surface area contributed by atoms with E-state index in [4.69, 9.17) is 0 Å². The van der Waals surface area contributed by atoms with Gasteiger partial charge in [0.25, 0.3) is 5.69 Å². The van der Waals surface area contributed by atoms with Crippen LogP contribution in [0, 0.1) is 20.2 Å². The number of nitrogens with one attached hydrogen (secondary N) is 1. The summed E-state index contributed by atoms with van der Waals surface area (Å²) in [5.41, 5.74) is 4.08. The van der Waals surface area contributed by atoms with Gasteiger partial charge in [-0.1, -0.05) is 13.0 Å². The first-order valence-corrected chi connectivity index (χ1v) is 6.47. The summed E-state index contributed by atoms with van der Waals surface area (Å²) in [4.78, 5) is 20.3. The molecule has 110 valence electrons. The summed E-state index contributed by atoms with van der Waals surface area (Å²) in [5.74, 6) is 0. The molecule has 0 amide bonds. The number of benzene rings is 1. The minimum Gasteiger partial charge on any atom is -0.271 e. The molecule has 2 rings (SSSR count). The molecule has 1 N–H and O–H groups in total. The molecule has 8 nitrogen and oxygen atoms in total. The maximum absolute atomic E-state index is 11.0. The highest BCUT2D eigenvalue weighted by molar-refractivity contribution is 6.02. The van der Waals surface area contributed by atoms with Gasteiger partial charge in [-0.2, -0.15) is 5.10 Å². The van der Waals surface area contributed by atoms with Crippen molar-refractivity contribution in [2.45, 2.75) is 26.2 Å². The lowest BCUT2D eigenvalue weighted by Crippen LogP contribution is -2.03. The van der Waals surface area contributed by atoms with E-state index in [1.54, 1.807) is 0 Å². The van der Waals surface area contributed by atoms with Crippen LogP contribution in [0.5, 0.6) is 0 Å². The van der Waals surface area contributed by atoms with E-state index < -0.39 is 9.85 Å². The van der Waals surface area contributed by atoms with Crippen molar-refractivity contribution in [3.05, 3.63) is 50.1 Å². The van der Waals surface area contributed by atoms with Gasteiger partial charge >= 0.3 is 5.69 Å². The minimum absolute atomic E-state index is 0.139. The molecule has 0 aliphatic heterocycles. The molecule has 0 aromatic heterocycles. The van der Waals surface area contributed by atoms with E-state index in [0.717, 1.165) is 36.6 Å². The highest BCUT2D eigenvalue weighted by atomic mass is 16.6. The molecule has 0 spiro atoms. The van der Waals surface area contributed by atoms with Crippen molar-refractivity contribution in [1.29, 1.82) is 0 Å². The zero-order valence-corrected chi connectivity index (χ0v) is 11.4. The molecule has 0 fully saturated rings. The molecule has 0 unspecified atom stereocenters.